The summed E-state index contributed by atoms with van der Waals surface area (Å²) in [5, 5.41) is 2.76. The van der Waals surface area contributed by atoms with Crippen LogP contribution in [0.4, 0.5) is 0 Å². The third-order valence-corrected chi connectivity index (χ3v) is 5.74. The Kier molecular flexibility index (Phi) is 5.02. The average molecular weight is 401 g/mol. The van der Waals surface area contributed by atoms with Crippen molar-refractivity contribution in [1.82, 2.24) is 5.32 Å². The summed E-state index contributed by atoms with van der Waals surface area (Å²) in [4.78, 5) is 11.7. The van der Waals surface area contributed by atoms with Crippen molar-refractivity contribution in [3.05, 3.63) is 16.5 Å². The largest absolute Gasteiger partial charge is 0.443 e. The summed E-state index contributed by atoms with van der Waals surface area (Å²) in [5.74, 6) is -0.561. The predicted octanol–water partition coefficient (Wildman–Crippen LogP) is 2.52. The summed E-state index contributed by atoms with van der Waals surface area (Å²) in [5.41, 5.74) is 0.0941. The molecule has 9 heteroatoms. The molecule has 0 radical (unpaired) electrons. The number of amides is 1. The first-order chi connectivity index (χ1) is 9.77. The van der Waals surface area contributed by atoms with E-state index in [1.165, 1.54) is 0 Å². The van der Waals surface area contributed by atoms with Crippen LogP contribution in [0.2, 0.25) is 0 Å². The van der Waals surface area contributed by atoms with E-state index in [4.69, 9.17) is 19.8 Å². The molecule has 1 fully saturated rings. The number of furan rings is 1. The van der Waals surface area contributed by atoms with Gasteiger partial charge in [-0.05, 0) is 40.6 Å². The molecule has 1 aliphatic carbocycles. The van der Waals surface area contributed by atoms with Gasteiger partial charge in [0.25, 0.3) is 15.0 Å². The normalized spacial score (nSPS) is 16.7. The van der Waals surface area contributed by atoms with Gasteiger partial charge in [-0.2, -0.15) is 0 Å². The molecule has 1 aliphatic rings. The Morgan fingerprint density at radius 3 is 2.71 bits per heavy atom. The van der Waals surface area contributed by atoms with Crippen molar-refractivity contribution in [3.8, 4) is 0 Å². The highest BCUT2D eigenvalue weighted by atomic mass is 79.9. The van der Waals surface area contributed by atoms with Gasteiger partial charge in [-0.1, -0.05) is 0 Å². The standard InChI is InChI=1S/C12H15BrClNO5S/c1-19-5-4-12(2-3-12)7-15-11(16)8-6-9(10(13)20-8)21(14,17)18/h6H,2-5,7H2,1H3,(H,15,16). The maximum atomic E-state index is 12.0. The van der Waals surface area contributed by atoms with Crippen LogP contribution < -0.4 is 5.32 Å². The number of rotatable bonds is 7. The Bertz CT molecular complexity index is 638. The summed E-state index contributed by atoms with van der Waals surface area (Å²) in [7, 11) is 2.92. The minimum absolute atomic E-state index is 0.0804. The van der Waals surface area contributed by atoms with Gasteiger partial charge in [0, 0.05) is 37.0 Å². The van der Waals surface area contributed by atoms with Gasteiger partial charge >= 0.3 is 0 Å². The highest BCUT2D eigenvalue weighted by Crippen LogP contribution is 2.48. The van der Waals surface area contributed by atoms with Crippen LogP contribution in [-0.2, 0) is 13.8 Å². The zero-order valence-corrected chi connectivity index (χ0v) is 14.5. The Balaban J connectivity index is 1.99. The number of carbonyl (C=O) groups is 1. The van der Waals surface area contributed by atoms with Crippen molar-refractivity contribution in [1.29, 1.82) is 0 Å². The molecule has 1 aromatic rings. The summed E-state index contributed by atoms with van der Waals surface area (Å²) in [6, 6.07) is 1.11. The van der Waals surface area contributed by atoms with E-state index in [9.17, 15) is 13.2 Å². The smallest absolute Gasteiger partial charge is 0.287 e. The average Bonchev–Trinajstić information content (AvgIpc) is 3.06. The van der Waals surface area contributed by atoms with Gasteiger partial charge in [0.15, 0.2) is 10.4 Å². The molecular formula is C12H15BrClNO5S. The van der Waals surface area contributed by atoms with Crippen LogP contribution in [0.15, 0.2) is 20.0 Å². The number of halogens is 2. The zero-order chi connectivity index (χ0) is 15.7. The predicted molar refractivity (Wildman–Crippen MR) is 79.9 cm³/mol. The van der Waals surface area contributed by atoms with E-state index >= 15 is 0 Å². The molecule has 1 heterocycles. The third-order valence-electron chi connectivity index (χ3n) is 3.56. The SMILES string of the molecule is COCCC1(CNC(=O)c2cc(S(=O)(=O)Cl)c(Br)o2)CC1. The second-order valence-corrected chi connectivity index (χ2v) is 8.37. The van der Waals surface area contributed by atoms with E-state index in [0.717, 1.165) is 25.3 Å². The van der Waals surface area contributed by atoms with Crippen molar-refractivity contribution in [2.75, 3.05) is 20.3 Å². The van der Waals surface area contributed by atoms with Crippen molar-refractivity contribution in [3.63, 3.8) is 0 Å². The van der Waals surface area contributed by atoms with Gasteiger partial charge < -0.3 is 14.5 Å². The Morgan fingerprint density at radius 2 is 2.24 bits per heavy atom. The molecule has 1 amide bonds. The molecule has 6 nitrogen and oxygen atoms in total. The van der Waals surface area contributed by atoms with Crippen LogP contribution in [0, 0.1) is 5.41 Å². The molecule has 118 valence electrons. The number of hydrogen-bond acceptors (Lipinski definition) is 5. The molecule has 21 heavy (non-hydrogen) atoms. The van der Waals surface area contributed by atoms with E-state index in [2.05, 4.69) is 21.2 Å². The third kappa shape index (κ3) is 4.21. The highest BCUT2D eigenvalue weighted by molar-refractivity contribution is 9.10. The summed E-state index contributed by atoms with van der Waals surface area (Å²) < 4.78 is 32.6. The zero-order valence-electron chi connectivity index (χ0n) is 11.3. The highest BCUT2D eigenvalue weighted by Gasteiger charge is 2.42. The van der Waals surface area contributed by atoms with E-state index < -0.39 is 15.0 Å². The van der Waals surface area contributed by atoms with Crippen molar-refractivity contribution < 1.29 is 22.4 Å². The number of nitrogens with one attached hydrogen (secondary N) is 1. The Hall–Kier alpha value is -0.570. The first-order valence-corrected chi connectivity index (χ1v) is 9.39. The lowest BCUT2D eigenvalue weighted by molar-refractivity contribution is 0.0909. The van der Waals surface area contributed by atoms with E-state index in [0.29, 0.717) is 13.2 Å². The molecule has 0 spiro atoms. The van der Waals surface area contributed by atoms with Crippen LogP contribution in [0.5, 0.6) is 0 Å². The summed E-state index contributed by atoms with van der Waals surface area (Å²) in [6.45, 7) is 1.16. The summed E-state index contributed by atoms with van der Waals surface area (Å²) >= 11 is 2.93. The number of methoxy groups -OCH3 is 1. The van der Waals surface area contributed by atoms with E-state index in [1.54, 1.807) is 7.11 Å². The fourth-order valence-electron chi connectivity index (χ4n) is 2.00. The minimum atomic E-state index is -3.95. The molecule has 0 unspecified atom stereocenters. The first-order valence-electron chi connectivity index (χ1n) is 6.29. The number of hydrogen-bond donors (Lipinski definition) is 1. The topological polar surface area (TPSA) is 85.6 Å². The number of carbonyl (C=O) groups excluding carboxylic acids is 1. The van der Waals surface area contributed by atoms with Gasteiger partial charge in [0.2, 0.25) is 0 Å². The molecule has 0 saturated heterocycles. The fourth-order valence-corrected chi connectivity index (χ4v) is 4.03. The van der Waals surface area contributed by atoms with Crippen LogP contribution in [0.1, 0.15) is 29.8 Å². The quantitative estimate of drug-likeness (QED) is 0.711. The van der Waals surface area contributed by atoms with Crippen molar-refractivity contribution in [2.45, 2.75) is 24.2 Å². The maximum absolute atomic E-state index is 12.0. The van der Waals surface area contributed by atoms with Crippen LogP contribution in [0.3, 0.4) is 0 Å². The minimum Gasteiger partial charge on any atom is -0.443 e. The van der Waals surface area contributed by atoms with Crippen LogP contribution >= 0.6 is 26.6 Å². The number of ether oxygens (including phenoxy) is 1. The first kappa shape index (κ1) is 16.8. The molecule has 0 bridgehead atoms. The van der Waals surface area contributed by atoms with E-state index in [-0.39, 0.29) is 20.7 Å². The van der Waals surface area contributed by atoms with Gasteiger partial charge in [0.05, 0.1) is 0 Å². The van der Waals surface area contributed by atoms with Gasteiger partial charge in [-0.15, -0.1) is 0 Å². The molecule has 0 aromatic carbocycles. The summed E-state index contributed by atoms with van der Waals surface area (Å²) in [6.07, 6.45) is 2.96. The monoisotopic (exact) mass is 399 g/mol. The van der Waals surface area contributed by atoms with Gasteiger partial charge in [-0.3, -0.25) is 4.79 Å². The lowest BCUT2D eigenvalue weighted by Gasteiger charge is -2.14. The van der Waals surface area contributed by atoms with Crippen LogP contribution in [0.25, 0.3) is 0 Å². The van der Waals surface area contributed by atoms with E-state index in [1.807, 2.05) is 0 Å². The van der Waals surface area contributed by atoms with Gasteiger partial charge in [0.1, 0.15) is 4.90 Å². The second kappa shape index (κ2) is 6.28. The molecule has 1 N–H and O–H groups in total. The molecule has 1 saturated carbocycles. The second-order valence-electron chi connectivity index (χ2n) is 5.11. The lowest BCUT2D eigenvalue weighted by atomic mass is 10.0. The fraction of sp³-hybridized carbons (Fsp3) is 0.583. The molecule has 0 atom stereocenters. The molecule has 2 rings (SSSR count). The molecule has 1 aromatic heterocycles. The molecular weight excluding hydrogens is 386 g/mol. The maximum Gasteiger partial charge on any atom is 0.287 e. The van der Waals surface area contributed by atoms with Gasteiger partial charge in [-0.25, -0.2) is 8.42 Å². The van der Waals surface area contributed by atoms with Crippen LogP contribution in [-0.4, -0.2) is 34.6 Å². The Labute approximate surface area is 135 Å². The molecule has 0 aliphatic heterocycles. The Morgan fingerprint density at radius 1 is 1.57 bits per heavy atom. The lowest BCUT2D eigenvalue weighted by Crippen LogP contribution is -2.30. The van der Waals surface area contributed by atoms with Crippen molar-refractivity contribution >= 4 is 41.6 Å². The van der Waals surface area contributed by atoms with Crippen molar-refractivity contribution in [2.24, 2.45) is 5.41 Å².